The zero-order chi connectivity index (χ0) is 14.1. The van der Waals surface area contributed by atoms with Gasteiger partial charge in [-0.15, -0.1) is 0 Å². The van der Waals surface area contributed by atoms with E-state index in [2.05, 4.69) is 25.9 Å². The molecule has 0 aliphatic rings. The van der Waals surface area contributed by atoms with Gasteiger partial charge in [0.2, 0.25) is 0 Å². The van der Waals surface area contributed by atoms with Gasteiger partial charge in [0.25, 0.3) is 0 Å². The van der Waals surface area contributed by atoms with Gasteiger partial charge in [0.1, 0.15) is 0 Å². The average molecular weight is 352 g/mol. The molecule has 0 aliphatic carbocycles. The molecular formula is C14H11BrFN3S. The average Bonchev–Trinajstić information content (AvgIpc) is 2.86. The van der Waals surface area contributed by atoms with E-state index in [0.717, 1.165) is 16.6 Å². The van der Waals surface area contributed by atoms with Crippen LogP contribution in [0.3, 0.4) is 0 Å². The number of para-hydroxylation sites is 2. The SMILES string of the molecule is NCc1ccc(Sc2nc3ccccc3[nH]2)c(F)c1Br. The van der Waals surface area contributed by atoms with Crippen LogP contribution in [-0.4, -0.2) is 9.97 Å². The predicted molar refractivity (Wildman–Crippen MR) is 82.2 cm³/mol. The Morgan fingerprint density at radius 3 is 2.80 bits per heavy atom. The van der Waals surface area contributed by atoms with Gasteiger partial charge in [0.05, 0.1) is 20.4 Å². The van der Waals surface area contributed by atoms with Crippen molar-refractivity contribution in [3.8, 4) is 0 Å². The Labute approximate surface area is 127 Å². The highest BCUT2D eigenvalue weighted by atomic mass is 79.9. The molecule has 6 heteroatoms. The number of aromatic nitrogens is 2. The van der Waals surface area contributed by atoms with Crippen LogP contribution in [0.2, 0.25) is 0 Å². The molecule has 20 heavy (non-hydrogen) atoms. The highest BCUT2D eigenvalue weighted by Crippen LogP contribution is 2.33. The Morgan fingerprint density at radius 1 is 1.25 bits per heavy atom. The van der Waals surface area contributed by atoms with E-state index in [1.165, 1.54) is 11.8 Å². The molecule has 3 N–H and O–H groups in total. The van der Waals surface area contributed by atoms with Crippen molar-refractivity contribution >= 4 is 38.7 Å². The van der Waals surface area contributed by atoms with E-state index < -0.39 is 0 Å². The van der Waals surface area contributed by atoms with Gasteiger partial charge in [-0.3, -0.25) is 0 Å². The first-order valence-corrected chi connectivity index (χ1v) is 7.59. The van der Waals surface area contributed by atoms with Crippen molar-refractivity contribution in [1.82, 2.24) is 9.97 Å². The van der Waals surface area contributed by atoms with E-state index >= 15 is 0 Å². The molecule has 1 aromatic heterocycles. The molecule has 2 aromatic carbocycles. The molecule has 0 fully saturated rings. The summed E-state index contributed by atoms with van der Waals surface area (Å²) in [5.74, 6) is -0.307. The first-order chi connectivity index (χ1) is 9.69. The van der Waals surface area contributed by atoms with Crippen LogP contribution in [-0.2, 0) is 6.54 Å². The van der Waals surface area contributed by atoms with Crippen molar-refractivity contribution in [3.05, 3.63) is 52.3 Å². The minimum atomic E-state index is -0.307. The molecule has 3 aromatic rings. The maximum absolute atomic E-state index is 14.2. The predicted octanol–water partition coefficient (Wildman–Crippen LogP) is 4.07. The first kappa shape index (κ1) is 13.6. The molecule has 0 saturated heterocycles. The van der Waals surface area contributed by atoms with Crippen LogP contribution in [0.15, 0.2) is 50.9 Å². The quantitative estimate of drug-likeness (QED) is 0.747. The van der Waals surface area contributed by atoms with Crippen LogP contribution in [0.25, 0.3) is 11.0 Å². The summed E-state index contributed by atoms with van der Waals surface area (Å²) < 4.78 is 14.6. The number of hydrogen-bond donors (Lipinski definition) is 2. The standard InChI is InChI=1S/C14H11BrFN3S/c15-12-8(7-17)5-6-11(13(12)16)20-14-18-9-3-1-2-4-10(9)19-14/h1-6H,7,17H2,(H,18,19). The number of nitrogens with two attached hydrogens (primary N) is 1. The number of H-pyrrole nitrogens is 1. The minimum absolute atomic E-state index is 0.299. The van der Waals surface area contributed by atoms with Gasteiger partial charge in [0, 0.05) is 6.54 Å². The van der Waals surface area contributed by atoms with Crippen LogP contribution in [0.4, 0.5) is 4.39 Å². The fraction of sp³-hybridized carbons (Fsp3) is 0.0714. The normalized spacial score (nSPS) is 11.2. The summed E-state index contributed by atoms with van der Waals surface area (Å²) in [4.78, 5) is 8.09. The third kappa shape index (κ3) is 2.46. The molecular weight excluding hydrogens is 341 g/mol. The van der Waals surface area contributed by atoms with Crippen LogP contribution in [0, 0.1) is 5.82 Å². The second-order valence-corrected chi connectivity index (χ2v) is 6.04. The van der Waals surface area contributed by atoms with Gasteiger partial charge in [-0.1, -0.05) is 18.2 Å². The molecule has 0 atom stereocenters. The number of nitrogens with one attached hydrogen (secondary N) is 1. The van der Waals surface area contributed by atoms with Crippen LogP contribution in [0.1, 0.15) is 5.56 Å². The smallest absolute Gasteiger partial charge is 0.171 e. The molecule has 0 spiro atoms. The second-order valence-electron chi connectivity index (χ2n) is 4.22. The summed E-state index contributed by atoms with van der Waals surface area (Å²) in [6.07, 6.45) is 0. The van der Waals surface area contributed by atoms with Crippen molar-refractivity contribution in [2.24, 2.45) is 5.73 Å². The van der Waals surface area contributed by atoms with Crippen LogP contribution in [0.5, 0.6) is 0 Å². The fourth-order valence-electron chi connectivity index (χ4n) is 1.89. The number of nitrogens with zero attached hydrogens (tertiary/aromatic N) is 1. The third-order valence-electron chi connectivity index (χ3n) is 2.92. The van der Waals surface area contributed by atoms with E-state index in [1.807, 2.05) is 30.3 Å². The molecule has 0 aliphatic heterocycles. The van der Waals surface area contributed by atoms with Crippen LogP contribution >= 0.6 is 27.7 Å². The number of benzene rings is 2. The van der Waals surface area contributed by atoms with Crippen molar-refractivity contribution in [2.75, 3.05) is 0 Å². The lowest BCUT2D eigenvalue weighted by Crippen LogP contribution is -1.99. The van der Waals surface area contributed by atoms with Crippen LogP contribution < -0.4 is 5.73 Å². The van der Waals surface area contributed by atoms with Gasteiger partial charge < -0.3 is 10.7 Å². The van der Waals surface area contributed by atoms with E-state index in [1.54, 1.807) is 6.07 Å². The molecule has 1 heterocycles. The highest BCUT2D eigenvalue weighted by molar-refractivity contribution is 9.10. The molecule has 0 unspecified atom stereocenters. The number of imidazole rings is 1. The lowest BCUT2D eigenvalue weighted by Gasteiger charge is -2.06. The minimum Gasteiger partial charge on any atom is -0.333 e. The Balaban J connectivity index is 1.96. The Bertz CT molecular complexity index is 739. The third-order valence-corrected chi connectivity index (χ3v) is 4.70. The second kappa shape index (κ2) is 5.55. The molecule has 102 valence electrons. The lowest BCUT2D eigenvalue weighted by atomic mass is 10.2. The summed E-state index contributed by atoms with van der Waals surface area (Å²) in [6, 6.07) is 11.3. The highest BCUT2D eigenvalue weighted by Gasteiger charge is 2.13. The topological polar surface area (TPSA) is 54.7 Å². The Hall–Kier alpha value is -1.37. The zero-order valence-corrected chi connectivity index (χ0v) is 12.8. The van der Waals surface area contributed by atoms with Gasteiger partial charge in [0.15, 0.2) is 11.0 Å². The molecule has 0 amide bonds. The molecule has 3 rings (SSSR count). The van der Waals surface area contributed by atoms with Crippen molar-refractivity contribution in [2.45, 2.75) is 16.6 Å². The molecule has 0 saturated carbocycles. The summed E-state index contributed by atoms with van der Waals surface area (Å²) in [7, 11) is 0. The molecule has 0 radical (unpaired) electrons. The maximum atomic E-state index is 14.2. The van der Waals surface area contributed by atoms with Gasteiger partial charge in [-0.25, -0.2) is 9.37 Å². The summed E-state index contributed by atoms with van der Waals surface area (Å²) in [6.45, 7) is 0.299. The monoisotopic (exact) mass is 351 g/mol. The first-order valence-electron chi connectivity index (χ1n) is 5.98. The molecule has 0 bridgehead atoms. The summed E-state index contributed by atoms with van der Waals surface area (Å²) in [5, 5.41) is 0.664. The largest absolute Gasteiger partial charge is 0.333 e. The maximum Gasteiger partial charge on any atom is 0.171 e. The van der Waals surface area contributed by atoms with Crippen molar-refractivity contribution in [3.63, 3.8) is 0 Å². The summed E-state index contributed by atoms with van der Waals surface area (Å²) >= 11 is 4.50. The Morgan fingerprint density at radius 2 is 2.05 bits per heavy atom. The lowest BCUT2D eigenvalue weighted by molar-refractivity contribution is 0.592. The number of aromatic amines is 1. The van der Waals surface area contributed by atoms with E-state index in [4.69, 9.17) is 5.73 Å². The van der Waals surface area contributed by atoms with Gasteiger partial charge in [-0.2, -0.15) is 0 Å². The van der Waals surface area contributed by atoms with Crippen molar-refractivity contribution in [1.29, 1.82) is 0 Å². The number of halogens is 2. The van der Waals surface area contributed by atoms with Crippen molar-refractivity contribution < 1.29 is 4.39 Å². The number of rotatable bonds is 3. The Kier molecular flexibility index (Phi) is 3.78. The fourth-order valence-corrected chi connectivity index (χ4v) is 3.37. The molecule has 3 nitrogen and oxygen atoms in total. The van der Waals surface area contributed by atoms with Gasteiger partial charge >= 0.3 is 0 Å². The number of fused-ring (bicyclic) bond motifs is 1. The van der Waals surface area contributed by atoms with Gasteiger partial charge in [-0.05, 0) is 51.5 Å². The zero-order valence-electron chi connectivity index (χ0n) is 10.4. The van der Waals surface area contributed by atoms with E-state index in [0.29, 0.717) is 21.1 Å². The van der Waals surface area contributed by atoms with E-state index in [-0.39, 0.29) is 5.82 Å². The number of hydrogen-bond acceptors (Lipinski definition) is 3. The summed E-state index contributed by atoms with van der Waals surface area (Å²) in [5.41, 5.74) is 8.10. The van der Waals surface area contributed by atoms with E-state index in [9.17, 15) is 4.39 Å².